The lowest BCUT2D eigenvalue weighted by Gasteiger charge is -2.21. The second-order valence-electron chi connectivity index (χ2n) is 5.52. The number of benzene rings is 2. The summed E-state index contributed by atoms with van der Waals surface area (Å²) in [6.45, 7) is 6.47. The van der Waals surface area contributed by atoms with Crippen molar-refractivity contribution in [3.63, 3.8) is 0 Å². The molecule has 2 aromatic rings. The predicted octanol–water partition coefficient (Wildman–Crippen LogP) is 3.95. The molecule has 1 amide bonds. The number of nitrogens with zero attached hydrogens (tertiary/aromatic N) is 1. The fourth-order valence-corrected chi connectivity index (χ4v) is 2.56. The van der Waals surface area contributed by atoms with Crippen LogP contribution >= 0.6 is 0 Å². The summed E-state index contributed by atoms with van der Waals surface area (Å²) in [5.74, 6) is 1.22. The minimum Gasteiger partial charge on any atom is -0.493 e. The zero-order valence-electron chi connectivity index (χ0n) is 15.1. The first-order valence-electron chi connectivity index (χ1n) is 8.58. The Morgan fingerprint density at radius 2 is 1.64 bits per heavy atom. The Kier molecular flexibility index (Phi) is 7.14. The van der Waals surface area contributed by atoms with Gasteiger partial charge < -0.3 is 19.7 Å². The normalized spacial score (nSPS) is 10.2. The number of ether oxygens (including phenoxy) is 2. The number of carbonyl (C=O) groups excluding carboxylic acids is 1. The molecular formula is C20H26N2O3. The fraction of sp³-hybridized carbons (Fsp3) is 0.350. The molecule has 5 nitrogen and oxygen atoms in total. The van der Waals surface area contributed by atoms with Gasteiger partial charge in [-0.05, 0) is 50.2 Å². The molecular weight excluding hydrogens is 316 g/mol. The zero-order valence-corrected chi connectivity index (χ0v) is 15.1. The van der Waals surface area contributed by atoms with Crippen molar-refractivity contribution in [3.8, 4) is 11.5 Å². The molecule has 2 aromatic carbocycles. The SMILES string of the molecule is CCN(CC)c1ccc(NC(=O)CCOc2ccccc2OC)cc1. The molecule has 5 heteroatoms. The molecule has 2 rings (SSSR count). The van der Waals surface area contributed by atoms with Gasteiger partial charge in [-0.15, -0.1) is 0 Å². The third-order valence-electron chi connectivity index (χ3n) is 3.94. The zero-order chi connectivity index (χ0) is 18.1. The average molecular weight is 342 g/mol. The minimum atomic E-state index is -0.0783. The van der Waals surface area contributed by atoms with Crippen LogP contribution in [0.1, 0.15) is 20.3 Å². The molecule has 0 spiro atoms. The van der Waals surface area contributed by atoms with E-state index in [9.17, 15) is 4.79 Å². The van der Waals surface area contributed by atoms with E-state index in [1.807, 2.05) is 48.5 Å². The molecule has 0 aliphatic rings. The molecule has 0 atom stereocenters. The van der Waals surface area contributed by atoms with Crippen molar-refractivity contribution in [2.75, 3.05) is 37.0 Å². The second-order valence-corrected chi connectivity index (χ2v) is 5.52. The van der Waals surface area contributed by atoms with E-state index < -0.39 is 0 Å². The summed E-state index contributed by atoms with van der Waals surface area (Å²) in [7, 11) is 1.59. The second kappa shape index (κ2) is 9.57. The van der Waals surface area contributed by atoms with Gasteiger partial charge in [0.25, 0.3) is 0 Å². The third-order valence-corrected chi connectivity index (χ3v) is 3.94. The standard InChI is InChI=1S/C20H26N2O3/c1-4-22(5-2)17-12-10-16(11-13-17)21-20(23)14-15-25-19-9-7-6-8-18(19)24-3/h6-13H,4-5,14-15H2,1-3H3,(H,21,23). The van der Waals surface area contributed by atoms with E-state index in [2.05, 4.69) is 24.1 Å². The van der Waals surface area contributed by atoms with Crippen LogP contribution in [0.2, 0.25) is 0 Å². The van der Waals surface area contributed by atoms with Crippen LogP contribution in [0.5, 0.6) is 11.5 Å². The van der Waals surface area contributed by atoms with Crippen molar-refractivity contribution in [1.82, 2.24) is 0 Å². The summed E-state index contributed by atoms with van der Waals surface area (Å²) >= 11 is 0. The highest BCUT2D eigenvalue weighted by molar-refractivity contribution is 5.90. The molecule has 134 valence electrons. The highest BCUT2D eigenvalue weighted by Crippen LogP contribution is 2.25. The van der Waals surface area contributed by atoms with E-state index in [0.717, 1.165) is 24.5 Å². The first kappa shape index (κ1) is 18.6. The van der Waals surface area contributed by atoms with Crippen molar-refractivity contribution >= 4 is 17.3 Å². The fourth-order valence-electron chi connectivity index (χ4n) is 2.56. The van der Waals surface area contributed by atoms with Crippen LogP contribution in [0.4, 0.5) is 11.4 Å². The van der Waals surface area contributed by atoms with Gasteiger partial charge in [-0.25, -0.2) is 0 Å². The van der Waals surface area contributed by atoms with E-state index in [0.29, 0.717) is 18.1 Å². The lowest BCUT2D eigenvalue weighted by Crippen LogP contribution is -2.21. The Morgan fingerprint density at radius 1 is 1.00 bits per heavy atom. The maximum Gasteiger partial charge on any atom is 0.227 e. The Hall–Kier alpha value is -2.69. The van der Waals surface area contributed by atoms with Crippen LogP contribution in [0.25, 0.3) is 0 Å². The molecule has 0 heterocycles. The van der Waals surface area contributed by atoms with Gasteiger partial charge in [0.2, 0.25) is 5.91 Å². The van der Waals surface area contributed by atoms with Crippen molar-refractivity contribution in [1.29, 1.82) is 0 Å². The number of nitrogens with one attached hydrogen (secondary N) is 1. The molecule has 0 saturated heterocycles. The van der Waals surface area contributed by atoms with E-state index in [1.165, 1.54) is 0 Å². The van der Waals surface area contributed by atoms with Crippen LogP contribution < -0.4 is 19.7 Å². The topological polar surface area (TPSA) is 50.8 Å². The highest BCUT2D eigenvalue weighted by atomic mass is 16.5. The lowest BCUT2D eigenvalue weighted by atomic mass is 10.2. The third kappa shape index (κ3) is 5.41. The van der Waals surface area contributed by atoms with Gasteiger partial charge >= 0.3 is 0 Å². The maximum atomic E-state index is 12.1. The molecule has 0 radical (unpaired) electrons. The van der Waals surface area contributed by atoms with Gasteiger partial charge in [-0.2, -0.15) is 0 Å². The van der Waals surface area contributed by atoms with Crippen LogP contribution in [-0.2, 0) is 4.79 Å². The van der Waals surface area contributed by atoms with Crippen molar-refractivity contribution < 1.29 is 14.3 Å². The number of methoxy groups -OCH3 is 1. The molecule has 0 fully saturated rings. The van der Waals surface area contributed by atoms with Gasteiger partial charge in [0.05, 0.1) is 20.1 Å². The minimum absolute atomic E-state index is 0.0783. The molecule has 0 aliphatic carbocycles. The van der Waals surface area contributed by atoms with Crippen LogP contribution in [-0.4, -0.2) is 32.7 Å². The number of hydrogen-bond acceptors (Lipinski definition) is 4. The van der Waals surface area contributed by atoms with Gasteiger partial charge in [0.1, 0.15) is 0 Å². The summed E-state index contributed by atoms with van der Waals surface area (Å²) in [5.41, 5.74) is 1.95. The first-order chi connectivity index (χ1) is 12.2. The van der Waals surface area contributed by atoms with E-state index in [4.69, 9.17) is 9.47 Å². The van der Waals surface area contributed by atoms with E-state index in [-0.39, 0.29) is 12.3 Å². The van der Waals surface area contributed by atoms with E-state index >= 15 is 0 Å². The van der Waals surface area contributed by atoms with Gasteiger partial charge in [-0.1, -0.05) is 12.1 Å². The molecule has 25 heavy (non-hydrogen) atoms. The number of amides is 1. The predicted molar refractivity (Wildman–Crippen MR) is 102 cm³/mol. The number of hydrogen-bond donors (Lipinski definition) is 1. The van der Waals surface area contributed by atoms with Crippen molar-refractivity contribution in [2.45, 2.75) is 20.3 Å². The van der Waals surface area contributed by atoms with Crippen LogP contribution in [0.15, 0.2) is 48.5 Å². The quantitative estimate of drug-likeness (QED) is 0.750. The van der Waals surface area contributed by atoms with Gasteiger partial charge in [-0.3, -0.25) is 4.79 Å². The van der Waals surface area contributed by atoms with E-state index in [1.54, 1.807) is 7.11 Å². The average Bonchev–Trinajstić information content (AvgIpc) is 2.64. The van der Waals surface area contributed by atoms with Crippen LogP contribution in [0, 0.1) is 0 Å². The smallest absolute Gasteiger partial charge is 0.227 e. The molecule has 0 aromatic heterocycles. The largest absolute Gasteiger partial charge is 0.493 e. The Bertz CT molecular complexity index is 667. The molecule has 0 bridgehead atoms. The van der Waals surface area contributed by atoms with Gasteiger partial charge in [0, 0.05) is 24.5 Å². The van der Waals surface area contributed by atoms with Crippen LogP contribution in [0.3, 0.4) is 0 Å². The maximum absolute atomic E-state index is 12.1. The number of rotatable bonds is 9. The van der Waals surface area contributed by atoms with Crippen molar-refractivity contribution in [3.05, 3.63) is 48.5 Å². The Labute approximate surface area is 149 Å². The molecule has 0 saturated carbocycles. The van der Waals surface area contributed by atoms with Gasteiger partial charge in [0.15, 0.2) is 11.5 Å². The Balaban J connectivity index is 1.82. The lowest BCUT2D eigenvalue weighted by molar-refractivity contribution is -0.116. The summed E-state index contributed by atoms with van der Waals surface area (Å²) in [4.78, 5) is 14.3. The summed E-state index contributed by atoms with van der Waals surface area (Å²) in [5, 5.41) is 2.89. The Morgan fingerprint density at radius 3 is 2.24 bits per heavy atom. The molecule has 0 aliphatic heterocycles. The first-order valence-corrected chi connectivity index (χ1v) is 8.58. The summed E-state index contributed by atoms with van der Waals surface area (Å²) < 4.78 is 10.8. The summed E-state index contributed by atoms with van der Waals surface area (Å²) in [6, 6.07) is 15.3. The highest BCUT2D eigenvalue weighted by Gasteiger charge is 2.07. The summed E-state index contributed by atoms with van der Waals surface area (Å²) in [6.07, 6.45) is 0.274. The molecule has 0 unspecified atom stereocenters. The molecule has 1 N–H and O–H groups in total. The number of carbonyl (C=O) groups is 1. The van der Waals surface area contributed by atoms with Crippen molar-refractivity contribution in [2.24, 2.45) is 0 Å². The number of anilines is 2. The monoisotopic (exact) mass is 342 g/mol. The number of para-hydroxylation sites is 2.